The van der Waals surface area contributed by atoms with E-state index in [9.17, 15) is 10.0 Å². The SMILES string of the molecule is C=C/C=C(\C=C)N(C1=CC=CCC1)c1ccc(B(O)O)cc1. The van der Waals surface area contributed by atoms with Crippen LogP contribution in [0.3, 0.4) is 0 Å². The van der Waals surface area contributed by atoms with Gasteiger partial charge in [-0.15, -0.1) is 0 Å². The summed E-state index contributed by atoms with van der Waals surface area (Å²) in [5.74, 6) is 0. The van der Waals surface area contributed by atoms with Crippen molar-refractivity contribution in [3.8, 4) is 0 Å². The number of benzene rings is 1. The molecule has 2 rings (SSSR count). The van der Waals surface area contributed by atoms with Gasteiger partial charge >= 0.3 is 7.12 Å². The molecule has 0 saturated heterocycles. The highest BCUT2D eigenvalue weighted by atomic mass is 16.4. The Labute approximate surface area is 132 Å². The van der Waals surface area contributed by atoms with Gasteiger partial charge in [0.15, 0.2) is 0 Å². The molecule has 0 atom stereocenters. The Morgan fingerprint density at radius 2 is 1.91 bits per heavy atom. The van der Waals surface area contributed by atoms with Crippen LogP contribution < -0.4 is 10.4 Å². The van der Waals surface area contributed by atoms with Crippen molar-refractivity contribution < 1.29 is 10.0 Å². The first-order chi connectivity index (χ1) is 10.7. The van der Waals surface area contributed by atoms with Crippen molar-refractivity contribution in [3.63, 3.8) is 0 Å². The highest BCUT2D eigenvalue weighted by molar-refractivity contribution is 6.58. The average molecular weight is 293 g/mol. The summed E-state index contributed by atoms with van der Waals surface area (Å²) in [6.45, 7) is 7.64. The molecule has 0 fully saturated rings. The second-order valence-corrected chi connectivity index (χ2v) is 4.96. The monoisotopic (exact) mass is 293 g/mol. The summed E-state index contributed by atoms with van der Waals surface area (Å²) in [5.41, 5.74) is 3.50. The number of hydrogen-bond acceptors (Lipinski definition) is 3. The van der Waals surface area contributed by atoms with Crippen molar-refractivity contribution in [2.75, 3.05) is 4.90 Å². The summed E-state index contributed by atoms with van der Waals surface area (Å²) in [4.78, 5) is 2.10. The molecule has 0 amide bonds. The molecule has 1 aromatic carbocycles. The van der Waals surface area contributed by atoms with Crippen LogP contribution in [0.2, 0.25) is 0 Å². The van der Waals surface area contributed by atoms with Crippen molar-refractivity contribution in [3.05, 3.63) is 85.3 Å². The van der Waals surface area contributed by atoms with E-state index in [0.717, 1.165) is 29.9 Å². The van der Waals surface area contributed by atoms with Crippen LogP contribution in [0.15, 0.2) is 85.3 Å². The fraction of sp³-hybridized carbons (Fsp3) is 0.111. The van der Waals surface area contributed by atoms with Gasteiger partial charge in [-0.1, -0.05) is 43.5 Å². The van der Waals surface area contributed by atoms with Crippen molar-refractivity contribution in [2.24, 2.45) is 0 Å². The number of nitrogens with zero attached hydrogens (tertiary/aromatic N) is 1. The molecular formula is C18H20BNO2. The molecule has 1 aromatic rings. The van der Waals surface area contributed by atoms with Crippen molar-refractivity contribution >= 4 is 18.3 Å². The van der Waals surface area contributed by atoms with Gasteiger partial charge in [0.05, 0.1) is 0 Å². The van der Waals surface area contributed by atoms with Gasteiger partial charge in [-0.05, 0) is 48.7 Å². The van der Waals surface area contributed by atoms with Gasteiger partial charge in [-0.25, -0.2) is 0 Å². The van der Waals surface area contributed by atoms with Crippen LogP contribution in [-0.2, 0) is 0 Å². The summed E-state index contributed by atoms with van der Waals surface area (Å²) in [7, 11) is -1.46. The Morgan fingerprint density at radius 3 is 2.41 bits per heavy atom. The molecule has 0 radical (unpaired) electrons. The molecule has 0 spiro atoms. The first-order valence-electron chi connectivity index (χ1n) is 7.24. The van der Waals surface area contributed by atoms with Gasteiger partial charge in [0.25, 0.3) is 0 Å². The first-order valence-corrected chi connectivity index (χ1v) is 7.24. The third-order valence-corrected chi connectivity index (χ3v) is 3.48. The maximum atomic E-state index is 9.22. The van der Waals surface area contributed by atoms with E-state index >= 15 is 0 Å². The molecule has 0 heterocycles. The van der Waals surface area contributed by atoms with Crippen LogP contribution >= 0.6 is 0 Å². The summed E-state index contributed by atoms with van der Waals surface area (Å²) < 4.78 is 0. The Morgan fingerprint density at radius 1 is 1.18 bits per heavy atom. The highest BCUT2D eigenvalue weighted by Gasteiger charge is 2.17. The Balaban J connectivity index is 2.45. The van der Waals surface area contributed by atoms with Crippen LogP contribution in [0.25, 0.3) is 0 Å². The van der Waals surface area contributed by atoms with E-state index in [2.05, 4.69) is 30.2 Å². The first kappa shape index (κ1) is 16.1. The minimum absolute atomic E-state index is 0.467. The molecule has 0 unspecified atom stereocenters. The second-order valence-electron chi connectivity index (χ2n) is 4.96. The standard InChI is InChI=1S/C18H20BNO2/c1-3-8-16(4-2)20(17-9-6-5-7-10-17)18-13-11-15(12-14-18)19(21)22/h3-6,8-9,11-14,21-22H,1-2,7,10H2/b16-8+. The zero-order chi connectivity index (χ0) is 15.9. The third kappa shape index (κ3) is 3.67. The topological polar surface area (TPSA) is 43.7 Å². The summed E-state index contributed by atoms with van der Waals surface area (Å²) >= 11 is 0. The van der Waals surface area contributed by atoms with Crippen LogP contribution in [0.4, 0.5) is 5.69 Å². The van der Waals surface area contributed by atoms with Crippen molar-refractivity contribution in [2.45, 2.75) is 12.8 Å². The smallest absolute Gasteiger partial charge is 0.423 e. The molecule has 3 nitrogen and oxygen atoms in total. The van der Waals surface area contributed by atoms with E-state index in [1.165, 1.54) is 0 Å². The number of anilines is 1. The zero-order valence-corrected chi connectivity index (χ0v) is 12.5. The van der Waals surface area contributed by atoms with E-state index in [4.69, 9.17) is 0 Å². The fourth-order valence-corrected chi connectivity index (χ4v) is 2.41. The second kappa shape index (κ2) is 7.64. The molecule has 2 N–H and O–H groups in total. The van der Waals surface area contributed by atoms with E-state index in [0.29, 0.717) is 5.46 Å². The predicted molar refractivity (Wildman–Crippen MR) is 93.7 cm³/mol. The lowest BCUT2D eigenvalue weighted by Crippen LogP contribution is -2.30. The summed E-state index contributed by atoms with van der Waals surface area (Å²) in [5, 5.41) is 18.4. The van der Waals surface area contributed by atoms with E-state index in [1.807, 2.05) is 24.3 Å². The predicted octanol–water partition coefficient (Wildman–Crippen LogP) is 2.66. The lowest BCUT2D eigenvalue weighted by molar-refractivity contribution is 0.426. The maximum absolute atomic E-state index is 9.22. The summed E-state index contributed by atoms with van der Waals surface area (Å²) in [6.07, 6.45) is 13.6. The molecule has 0 saturated carbocycles. The Hall–Kier alpha value is -2.30. The Bertz CT molecular complexity index is 627. The number of allylic oxidation sites excluding steroid dienone is 7. The molecule has 1 aliphatic carbocycles. The molecule has 4 heteroatoms. The minimum atomic E-state index is -1.46. The van der Waals surface area contributed by atoms with Gasteiger partial charge in [-0.3, -0.25) is 0 Å². The zero-order valence-electron chi connectivity index (χ0n) is 12.5. The lowest BCUT2D eigenvalue weighted by Gasteiger charge is -2.29. The molecule has 0 aliphatic heterocycles. The van der Waals surface area contributed by atoms with Gasteiger partial charge < -0.3 is 14.9 Å². The average Bonchev–Trinajstić information content (AvgIpc) is 2.56. The molecule has 22 heavy (non-hydrogen) atoms. The quantitative estimate of drug-likeness (QED) is 0.626. The van der Waals surface area contributed by atoms with Crippen LogP contribution in [0.5, 0.6) is 0 Å². The highest BCUT2D eigenvalue weighted by Crippen LogP contribution is 2.28. The molecule has 0 bridgehead atoms. The molecule has 112 valence electrons. The molecule has 1 aliphatic rings. The number of rotatable bonds is 6. The number of hydrogen-bond donors (Lipinski definition) is 2. The van der Waals surface area contributed by atoms with E-state index < -0.39 is 7.12 Å². The third-order valence-electron chi connectivity index (χ3n) is 3.48. The maximum Gasteiger partial charge on any atom is 0.488 e. The fourth-order valence-electron chi connectivity index (χ4n) is 2.41. The minimum Gasteiger partial charge on any atom is -0.423 e. The lowest BCUT2D eigenvalue weighted by atomic mass is 9.80. The summed E-state index contributed by atoms with van der Waals surface area (Å²) in [6, 6.07) is 7.16. The van der Waals surface area contributed by atoms with Gasteiger partial charge in [0.2, 0.25) is 0 Å². The Kier molecular flexibility index (Phi) is 5.58. The molecule has 0 aromatic heterocycles. The van der Waals surface area contributed by atoms with Gasteiger partial charge in [0, 0.05) is 17.1 Å². The van der Waals surface area contributed by atoms with E-state index in [-0.39, 0.29) is 0 Å². The van der Waals surface area contributed by atoms with Crippen molar-refractivity contribution in [1.29, 1.82) is 0 Å². The van der Waals surface area contributed by atoms with Gasteiger partial charge in [0.1, 0.15) is 0 Å². The van der Waals surface area contributed by atoms with Crippen LogP contribution in [-0.4, -0.2) is 17.2 Å². The largest absolute Gasteiger partial charge is 0.488 e. The van der Waals surface area contributed by atoms with Crippen molar-refractivity contribution in [1.82, 2.24) is 0 Å². The molecular weight excluding hydrogens is 273 g/mol. The van der Waals surface area contributed by atoms with Gasteiger partial charge in [-0.2, -0.15) is 0 Å². The van der Waals surface area contributed by atoms with Crippen LogP contribution in [0.1, 0.15) is 12.8 Å². The van der Waals surface area contributed by atoms with Crippen LogP contribution in [0, 0.1) is 0 Å². The normalized spacial score (nSPS) is 14.3. The van der Waals surface area contributed by atoms with E-state index in [1.54, 1.807) is 24.3 Å².